The van der Waals surface area contributed by atoms with Crippen molar-refractivity contribution in [2.24, 2.45) is 0 Å². The Bertz CT molecular complexity index is 508. The third kappa shape index (κ3) is 7.68. The van der Waals surface area contributed by atoms with Crippen molar-refractivity contribution in [3.8, 4) is 0 Å². The molecule has 0 bridgehead atoms. The summed E-state index contributed by atoms with van der Waals surface area (Å²) in [4.78, 5) is 24.7. The van der Waals surface area contributed by atoms with Crippen LogP contribution in [0.4, 0.5) is 4.79 Å². The fraction of sp³-hybridized carbons (Fsp3) is 0.556. The number of benzene rings is 1. The molecule has 23 heavy (non-hydrogen) atoms. The van der Waals surface area contributed by atoms with Crippen molar-refractivity contribution in [3.63, 3.8) is 0 Å². The number of aliphatic carboxylic acids is 1. The highest BCUT2D eigenvalue weighted by atomic mass is 16.6. The highest BCUT2D eigenvalue weighted by Crippen LogP contribution is 2.16. The molecule has 1 N–H and O–H groups in total. The van der Waals surface area contributed by atoms with Crippen molar-refractivity contribution < 1.29 is 19.4 Å². The minimum absolute atomic E-state index is 0.0884. The van der Waals surface area contributed by atoms with Gasteiger partial charge in [-0.15, -0.1) is 0 Å². The number of amides is 1. The van der Waals surface area contributed by atoms with Gasteiger partial charge in [-0.25, -0.2) is 4.79 Å². The first kappa shape index (κ1) is 19.0. The first-order chi connectivity index (χ1) is 10.7. The molecule has 0 heterocycles. The van der Waals surface area contributed by atoms with E-state index in [4.69, 9.17) is 9.84 Å². The molecule has 1 rings (SSSR count). The number of hydrogen-bond donors (Lipinski definition) is 1. The summed E-state index contributed by atoms with van der Waals surface area (Å²) in [6, 6.07) is 9.92. The Labute approximate surface area is 138 Å². The third-order valence-corrected chi connectivity index (χ3v) is 3.42. The van der Waals surface area contributed by atoms with E-state index in [-0.39, 0.29) is 19.0 Å². The zero-order chi connectivity index (χ0) is 17.5. The van der Waals surface area contributed by atoms with E-state index in [2.05, 4.69) is 0 Å². The van der Waals surface area contributed by atoms with Gasteiger partial charge in [-0.05, 0) is 46.1 Å². The maximum atomic E-state index is 12.3. The summed E-state index contributed by atoms with van der Waals surface area (Å²) < 4.78 is 5.40. The second-order valence-electron chi connectivity index (χ2n) is 6.69. The SMILES string of the molecule is C[C@H](CCc1ccccc1)N(CCC(=O)O)C(=O)OC(C)(C)C. The van der Waals surface area contributed by atoms with E-state index in [1.54, 1.807) is 20.8 Å². The molecule has 128 valence electrons. The van der Waals surface area contributed by atoms with E-state index in [0.717, 1.165) is 12.8 Å². The van der Waals surface area contributed by atoms with Crippen LogP contribution in [0.25, 0.3) is 0 Å². The molecule has 1 aromatic carbocycles. The largest absolute Gasteiger partial charge is 0.481 e. The van der Waals surface area contributed by atoms with E-state index in [1.165, 1.54) is 10.5 Å². The van der Waals surface area contributed by atoms with Gasteiger partial charge in [0.2, 0.25) is 0 Å². The lowest BCUT2D eigenvalue weighted by Crippen LogP contribution is -2.43. The molecule has 0 aliphatic carbocycles. The molecule has 0 aliphatic rings. The van der Waals surface area contributed by atoms with Crippen LogP contribution in [-0.4, -0.2) is 40.3 Å². The zero-order valence-corrected chi connectivity index (χ0v) is 14.4. The smallest absolute Gasteiger partial charge is 0.410 e. The Hall–Kier alpha value is -2.04. The average Bonchev–Trinajstić information content (AvgIpc) is 2.44. The molecule has 0 spiro atoms. The van der Waals surface area contributed by atoms with Gasteiger partial charge >= 0.3 is 12.1 Å². The molecule has 0 aliphatic heterocycles. The first-order valence-electron chi connectivity index (χ1n) is 7.94. The van der Waals surface area contributed by atoms with Crippen LogP contribution in [0.1, 0.15) is 46.1 Å². The van der Waals surface area contributed by atoms with Gasteiger partial charge in [0.15, 0.2) is 0 Å². The van der Waals surface area contributed by atoms with Gasteiger partial charge in [0, 0.05) is 12.6 Å². The number of ether oxygens (including phenoxy) is 1. The van der Waals surface area contributed by atoms with Crippen LogP contribution in [0, 0.1) is 0 Å². The summed E-state index contributed by atoms with van der Waals surface area (Å²) >= 11 is 0. The van der Waals surface area contributed by atoms with E-state index in [9.17, 15) is 9.59 Å². The molecule has 0 radical (unpaired) electrons. The number of aryl methyl sites for hydroxylation is 1. The number of hydrogen-bond acceptors (Lipinski definition) is 3. The van der Waals surface area contributed by atoms with Gasteiger partial charge in [0.1, 0.15) is 5.60 Å². The molecule has 5 nitrogen and oxygen atoms in total. The minimum Gasteiger partial charge on any atom is -0.481 e. The number of rotatable bonds is 7. The number of carboxylic acid groups (broad SMARTS) is 1. The number of carboxylic acids is 1. The van der Waals surface area contributed by atoms with Gasteiger partial charge in [-0.1, -0.05) is 30.3 Å². The van der Waals surface area contributed by atoms with Crippen LogP contribution in [0.2, 0.25) is 0 Å². The normalized spacial score (nSPS) is 12.5. The summed E-state index contributed by atoms with van der Waals surface area (Å²) in [5.74, 6) is -0.922. The van der Waals surface area contributed by atoms with Gasteiger partial charge in [-0.2, -0.15) is 0 Å². The predicted octanol–water partition coefficient (Wildman–Crippen LogP) is 3.72. The van der Waals surface area contributed by atoms with Gasteiger partial charge in [-0.3, -0.25) is 4.79 Å². The summed E-state index contributed by atoms with van der Waals surface area (Å²) in [5.41, 5.74) is 0.597. The average molecular weight is 321 g/mol. The van der Waals surface area contributed by atoms with Crippen LogP contribution in [0.15, 0.2) is 30.3 Å². The molecule has 5 heteroatoms. The minimum atomic E-state index is -0.922. The van der Waals surface area contributed by atoms with Crippen LogP contribution in [0.3, 0.4) is 0 Å². The summed E-state index contributed by atoms with van der Waals surface area (Å²) in [5, 5.41) is 8.89. The highest BCUT2D eigenvalue weighted by molar-refractivity contribution is 5.71. The molecule has 0 unspecified atom stereocenters. The van der Waals surface area contributed by atoms with E-state index < -0.39 is 17.7 Å². The van der Waals surface area contributed by atoms with Crippen molar-refractivity contribution >= 4 is 12.1 Å². The number of carbonyl (C=O) groups excluding carboxylic acids is 1. The van der Waals surface area contributed by atoms with Crippen molar-refractivity contribution in [3.05, 3.63) is 35.9 Å². The third-order valence-electron chi connectivity index (χ3n) is 3.42. The Morgan fingerprint density at radius 1 is 1.22 bits per heavy atom. The predicted molar refractivity (Wildman–Crippen MR) is 89.4 cm³/mol. The number of nitrogens with zero attached hydrogens (tertiary/aromatic N) is 1. The van der Waals surface area contributed by atoms with E-state index in [0.29, 0.717) is 0 Å². The fourth-order valence-electron chi connectivity index (χ4n) is 2.20. The molecule has 0 saturated heterocycles. The molecule has 0 saturated carbocycles. The second-order valence-corrected chi connectivity index (χ2v) is 6.69. The molecular formula is C18H27NO4. The van der Waals surface area contributed by atoms with Crippen LogP contribution < -0.4 is 0 Å². The molecule has 1 atom stereocenters. The second kappa shape index (κ2) is 8.56. The quantitative estimate of drug-likeness (QED) is 0.831. The molecular weight excluding hydrogens is 294 g/mol. The molecule has 0 fully saturated rings. The Kier molecular flexibility index (Phi) is 7.07. The monoisotopic (exact) mass is 321 g/mol. The summed E-state index contributed by atoms with van der Waals surface area (Å²) in [6.45, 7) is 7.48. The van der Waals surface area contributed by atoms with Gasteiger partial charge in [0.25, 0.3) is 0 Å². The zero-order valence-electron chi connectivity index (χ0n) is 14.4. The van der Waals surface area contributed by atoms with E-state index >= 15 is 0 Å². The summed E-state index contributed by atoms with van der Waals surface area (Å²) in [7, 11) is 0. The van der Waals surface area contributed by atoms with Crippen molar-refractivity contribution in [1.29, 1.82) is 0 Å². The van der Waals surface area contributed by atoms with Crippen LogP contribution >= 0.6 is 0 Å². The van der Waals surface area contributed by atoms with Gasteiger partial charge in [0.05, 0.1) is 6.42 Å². The topological polar surface area (TPSA) is 66.8 Å². The van der Waals surface area contributed by atoms with Crippen LogP contribution in [-0.2, 0) is 16.0 Å². The van der Waals surface area contributed by atoms with Crippen LogP contribution in [0.5, 0.6) is 0 Å². The maximum absolute atomic E-state index is 12.3. The lowest BCUT2D eigenvalue weighted by Gasteiger charge is -2.31. The Balaban J connectivity index is 2.69. The molecule has 0 aromatic heterocycles. The molecule has 1 amide bonds. The first-order valence-corrected chi connectivity index (χ1v) is 7.94. The Morgan fingerprint density at radius 3 is 2.35 bits per heavy atom. The number of carbonyl (C=O) groups is 2. The summed E-state index contributed by atoms with van der Waals surface area (Å²) in [6.07, 6.45) is 1.03. The molecule has 1 aromatic rings. The van der Waals surface area contributed by atoms with Crippen molar-refractivity contribution in [2.45, 2.75) is 58.6 Å². The Morgan fingerprint density at radius 2 is 1.83 bits per heavy atom. The van der Waals surface area contributed by atoms with Crippen molar-refractivity contribution in [2.75, 3.05) is 6.54 Å². The van der Waals surface area contributed by atoms with Gasteiger partial charge < -0.3 is 14.7 Å². The standard InChI is InChI=1S/C18H27NO4/c1-14(10-11-15-8-6-5-7-9-15)19(13-12-16(20)21)17(22)23-18(2,3)4/h5-9,14H,10-13H2,1-4H3,(H,20,21)/t14-/m1/s1. The maximum Gasteiger partial charge on any atom is 0.410 e. The van der Waals surface area contributed by atoms with Crippen molar-refractivity contribution in [1.82, 2.24) is 4.90 Å². The lowest BCUT2D eigenvalue weighted by molar-refractivity contribution is -0.137. The highest BCUT2D eigenvalue weighted by Gasteiger charge is 2.26. The fourth-order valence-corrected chi connectivity index (χ4v) is 2.20. The van der Waals surface area contributed by atoms with E-state index in [1.807, 2.05) is 37.3 Å². The lowest BCUT2D eigenvalue weighted by atomic mass is 10.1.